The number of hydrogen-bond acceptors (Lipinski definition) is 3. The van der Waals surface area contributed by atoms with E-state index in [1.807, 2.05) is 24.3 Å². The van der Waals surface area contributed by atoms with Crippen LogP contribution in [0.4, 0.5) is 25.0 Å². The van der Waals surface area contributed by atoms with Gasteiger partial charge >= 0.3 is 6.03 Å². The van der Waals surface area contributed by atoms with Crippen LogP contribution in [0.5, 0.6) is 5.75 Å². The highest BCUT2D eigenvalue weighted by Crippen LogP contribution is 2.21. The Kier molecular flexibility index (Phi) is 6.46. The number of piperidine rings is 1. The highest BCUT2D eigenvalue weighted by Gasteiger charge is 2.11. The van der Waals surface area contributed by atoms with Crippen LogP contribution in [0, 0.1) is 11.6 Å². The van der Waals surface area contributed by atoms with Gasteiger partial charge in [0, 0.05) is 30.5 Å². The molecular weight excluding hydrogens is 352 g/mol. The highest BCUT2D eigenvalue weighted by molar-refractivity contribution is 5.89. The maximum atomic E-state index is 13.1. The third-order valence-electron chi connectivity index (χ3n) is 4.39. The molecule has 5 nitrogen and oxygen atoms in total. The lowest BCUT2D eigenvalue weighted by molar-refractivity contribution is 0.247. The van der Waals surface area contributed by atoms with E-state index in [0.717, 1.165) is 25.2 Å². The van der Waals surface area contributed by atoms with Crippen molar-refractivity contribution in [2.45, 2.75) is 19.3 Å². The number of amides is 2. The molecule has 1 aliphatic rings. The summed E-state index contributed by atoms with van der Waals surface area (Å²) in [6.45, 7) is 2.53. The van der Waals surface area contributed by atoms with Crippen molar-refractivity contribution in [2.75, 3.05) is 36.5 Å². The molecule has 1 aliphatic heterocycles. The molecule has 2 aromatic rings. The van der Waals surface area contributed by atoms with Gasteiger partial charge in [-0.25, -0.2) is 13.6 Å². The number of nitrogens with zero attached hydrogens (tertiary/aromatic N) is 1. The fourth-order valence-corrected chi connectivity index (χ4v) is 2.98. The number of halogens is 2. The Hall–Kier alpha value is -2.83. The molecule has 0 spiro atoms. The molecule has 2 amide bonds. The molecule has 1 fully saturated rings. The number of ether oxygens (including phenoxy) is 1. The second kappa shape index (κ2) is 9.21. The Morgan fingerprint density at radius 1 is 1.00 bits per heavy atom. The third kappa shape index (κ3) is 5.57. The van der Waals surface area contributed by atoms with Crippen LogP contribution in [0.25, 0.3) is 0 Å². The molecule has 3 rings (SSSR count). The second-order valence-electron chi connectivity index (χ2n) is 6.40. The Balaban J connectivity index is 1.39. The lowest BCUT2D eigenvalue weighted by Gasteiger charge is -2.28. The van der Waals surface area contributed by atoms with Crippen LogP contribution in [0.3, 0.4) is 0 Å². The monoisotopic (exact) mass is 375 g/mol. The molecule has 0 aromatic heterocycles. The molecule has 0 aliphatic carbocycles. The van der Waals surface area contributed by atoms with Gasteiger partial charge in [-0.3, -0.25) is 0 Å². The molecule has 0 radical (unpaired) electrons. The number of anilines is 2. The quantitative estimate of drug-likeness (QED) is 0.746. The van der Waals surface area contributed by atoms with Gasteiger partial charge in [0.25, 0.3) is 0 Å². The molecule has 7 heteroatoms. The largest absolute Gasteiger partial charge is 0.492 e. The van der Waals surface area contributed by atoms with Gasteiger partial charge in [0.2, 0.25) is 0 Å². The Morgan fingerprint density at radius 2 is 1.74 bits per heavy atom. The van der Waals surface area contributed by atoms with E-state index in [9.17, 15) is 13.6 Å². The lowest BCUT2D eigenvalue weighted by atomic mass is 10.1. The van der Waals surface area contributed by atoms with E-state index in [1.165, 1.54) is 31.0 Å². The van der Waals surface area contributed by atoms with Crippen LogP contribution in [0.1, 0.15) is 19.3 Å². The first kappa shape index (κ1) is 18.9. The van der Waals surface area contributed by atoms with E-state index in [0.29, 0.717) is 5.69 Å². The lowest BCUT2D eigenvalue weighted by Crippen LogP contribution is -2.32. The van der Waals surface area contributed by atoms with Crippen LogP contribution >= 0.6 is 0 Å². The molecule has 27 heavy (non-hydrogen) atoms. The number of nitrogens with one attached hydrogen (secondary N) is 2. The molecule has 144 valence electrons. The van der Waals surface area contributed by atoms with E-state index in [-0.39, 0.29) is 24.9 Å². The van der Waals surface area contributed by atoms with E-state index < -0.39 is 11.6 Å². The third-order valence-corrected chi connectivity index (χ3v) is 4.39. The van der Waals surface area contributed by atoms with Crippen molar-refractivity contribution in [3.05, 3.63) is 54.1 Å². The summed E-state index contributed by atoms with van der Waals surface area (Å²) in [5.41, 5.74) is 1.87. The summed E-state index contributed by atoms with van der Waals surface area (Å²) < 4.78 is 31.2. The predicted molar refractivity (Wildman–Crippen MR) is 101 cm³/mol. The first-order chi connectivity index (χ1) is 13.1. The van der Waals surface area contributed by atoms with Gasteiger partial charge in [0.1, 0.15) is 12.4 Å². The molecule has 0 bridgehead atoms. The van der Waals surface area contributed by atoms with E-state index in [1.54, 1.807) is 0 Å². The zero-order chi connectivity index (χ0) is 19.1. The summed E-state index contributed by atoms with van der Waals surface area (Å²) in [5.74, 6) is -1.68. The van der Waals surface area contributed by atoms with Gasteiger partial charge in [-0.05, 0) is 55.7 Å². The maximum absolute atomic E-state index is 13.1. The number of rotatable bonds is 6. The predicted octanol–water partition coefficient (Wildman–Crippen LogP) is 4.16. The van der Waals surface area contributed by atoms with Crippen LogP contribution in [-0.4, -0.2) is 32.3 Å². The number of benzene rings is 2. The van der Waals surface area contributed by atoms with Crippen molar-refractivity contribution in [3.63, 3.8) is 0 Å². The SMILES string of the molecule is O=C(NCCOc1ccc(F)c(F)c1)Nc1ccc(N2CCCCC2)cc1. The van der Waals surface area contributed by atoms with Gasteiger partial charge in [-0.1, -0.05) is 0 Å². The molecular formula is C20H23F2N3O2. The number of carbonyl (C=O) groups excluding carboxylic acids is 1. The van der Waals surface area contributed by atoms with Crippen LogP contribution in [0.15, 0.2) is 42.5 Å². The van der Waals surface area contributed by atoms with Crippen molar-refractivity contribution in [1.82, 2.24) is 5.32 Å². The van der Waals surface area contributed by atoms with E-state index in [4.69, 9.17) is 4.74 Å². The van der Waals surface area contributed by atoms with Crippen LogP contribution in [-0.2, 0) is 0 Å². The minimum atomic E-state index is -0.966. The topological polar surface area (TPSA) is 53.6 Å². The first-order valence-corrected chi connectivity index (χ1v) is 9.09. The van der Waals surface area contributed by atoms with Gasteiger partial charge in [0.05, 0.1) is 6.54 Å². The molecule has 0 unspecified atom stereocenters. The molecule has 0 saturated carbocycles. The Morgan fingerprint density at radius 3 is 2.44 bits per heavy atom. The van der Waals surface area contributed by atoms with E-state index >= 15 is 0 Å². The van der Waals surface area contributed by atoms with Gasteiger partial charge < -0.3 is 20.3 Å². The maximum Gasteiger partial charge on any atom is 0.319 e. The zero-order valence-corrected chi connectivity index (χ0v) is 15.0. The highest BCUT2D eigenvalue weighted by atomic mass is 19.2. The molecule has 2 aromatic carbocycles. The number of urea groups is 1. The zero-order valence-electron chi connectivity index (χ0n) is 15.0. The summed E-state index contributed by atoms with van der Waals surface area (Å²) in [6.07, 6.45) is 3.72. The standard InChI is InChI=1S/C20H23F2N3O2/c21-18-9-8-17(14-19(18)22)27-13-10-23-20(26)24-15-4-6-16(7-5-15)25-11-2-1-3-12-25/h4-9,14H,1-3,10-13H2,(H2,23,24,26). The minimum absolute atomic E-state index is 0.145. The van der Waals surface area contributed by atoms with Crippen LogP contribution in [0.2, 0.25) is 0 Å². The van der Waals surface area contributed by atoms with Crippen molar-refractivity contribution in [1.29, 1.82) is 0 Å². The van der Waals surface area contributed by atoms with Crippen LogP contribution < -0.4 is 20.3 Å². The summed E-state index contributed by atoms with van der Waals surface area (Å²) in [7, 11) is 0. The van der Waals surface area contributed by atoms with Crippen molar-refractivity contribution >= 4 is 17.4 Å². The van der Waals surface area contributed by atoms with Crippen molar-refractivity contribution in [3.8, 4) is 5.75 Å². The average Bonchev–Trinajstić information content (AvgIpc) is 2.69. The Bertz CT molecular complexity index is 762. The van der Waals surface area contributed by atoms with Gasteiger partial charge in [-0.2, -0.15) is 0 Å². The smallest absolute Gasteiger partial charge is 0.319 e. The fraction of sp³-hybridized carbons (Fsp3) is 0.350. The molecule has 0 atom stereocenters. The number of hydrogen-bond donors (Lipinski definition) is 2. The summed E-state index contributed by atoms with van der Waals surface area (Å²) in [4.78, 5) is 14.3. The summed E-state index contributed by atoms with van der Waals surface area (Å²) >= 11 is 0. The van der Waals surface area contributed by atoms with Gasteiger partial charge in [-0.15, -0.1) is 0 Å². The Labute approximate surface area is 157 Å². The molecule has 1 saturated heterocycles. The first-order valence-electron chi connectivity index (χ1n) is 9.09. The molecule has 2 N–H and O–H groups in total. The fourth-order valence-electron chi connectivity index (χ4n) is 2.98. The minimum Gasteiger partial charge on any atom is -0.492 e. The normalized spacial score (nSPS) is 13.9. The van der Waals surface area contributed by atoms with Crippen molar-refractivity contribution < 1.29 is 18.3 Å². The molecule has 1 heterocycles. The van der Waals surface area contributed by atoms with Gasteiger partial charge in [0.15, 0.2) is 11.6 Å². The summed E-state index contributed by atoms with van der Waals surface area (Å²) in [5, 5.41) is 5.41. The second-order valence-corrected chi connectivity index (χ2v) is 6.40. The number of carbonyl (C=O) groups is 1. The average molecular weight is 375 g/mol. The van der Waals surface area contributed by atoms with E-state index in [2.05, 4.69) is 15.5 Å². The summed E-state index contributed by atoms with van der Waals surface area (Å²) in [6, 6.07) is 10.7. The van der Waals surface area contributed by atoms with Crippen molar-refractivity contribution in [2.24, 2.45) is 0 Å².